The fourth-order valence-corrected chi connectivity index (χ4v) is 15.8. The van der Waals surface area contributed by atoms with E-state index in [1.807, 2.05) is 60.7 Å². The monoisotopic (exact) mass is 1320 g/mol. The van der Waals surface area contributed by atoms with Crippen molar-refractivity contribution < 1.29 is 18.5 Å². The molecule has 0 saturated heterocycles. The lowest BCUT2D eigenvalue weighted by Gasteiger charge is -2.19. The zero-order valence-corrected chi connectivity index (χ0v) is 54.5. The van der Waals surface area contributed by atoms with Gasteiger partial charge in [0.1, 0.15) is 28.1 Å². The van der Waals surface area contributed by atoms with Crippen LogP contribution in [0.2, 0.25) is 0 Å². The van der Waals surface area contributed by atoms with E-state index in [0.29, 0.717) is 5.75 Å². The van der Waals surface area contributed by atoms with E-state index < -0.39 is 0 Å². The first-order valence-electron chi connectivity index (χ1n) is 33.0. The molecule has 0 aliphatic heterocycles. The van der Waals surface area contributed by atoms with Crippen LogP contribution >= 0.6 is 15.9 Å². The van der Waals surface area contributed by atoms with Crippen molar-refractivity contribution >= 4 is 154 Å². The van der Waals surface area contributed by atoms with Crippen LogP contribution in [0.15, 0.2) is 353 Å². The standard InChI is InChI=1S/C46H28O.C30H20BO2.C16H9BrO/c1-3-18-33-29(13-1)15-12-25-34(33)30-16-11-17-32(27-30)43-37-21-5-7-23-39(37)44(40-24-8-6-22-38(40)43)45-35-19-4-2-14-31(35)28-41-36-20-9-10-26-42(36)47-46(41)45;32-31-33-30-27-16-5-3-14-25(27)29(26-15-4-6-17-28(26)30)22-12-7-11-21(19-22)24-18-8-10-20-9-1-2-13-23(20)24;17-15-11-6-2-1-5-10(11)9-13-12-7-3-4-8-14(12)18-16(13)15/h1-28H;1-19,32H;1-9H. The molecule has 0 spiro atoms. The van der Waals surface area contributed by atoms with Gasteiger partial charge in [0.25, 0.3) is 0 Å². The van der Waals surface area contributed by atoms with Crippen LogP contribution in [0.1, 0.15) is 0 Å². The van der Waals surface area contributed by atoms with Gasteiger partial charge in [0, 0.05) is 43.4 Å². The Hall–Kier alpha value is -12.1. The van der Waals surface area contributed by atoms with Crippen LogP contribution in [0.4, 0.5) is 0 Å². The number of fused-ring (bicyclic) bond motifs is 14. The molecule has 0 bridgehead atoms. The molecule has 0 unspecified atom stereocenters. The van der Waals surface area contributed by atoms with Crippen molar-refractivity contribution in [2.45, 2.75) is 0 Å². The number of benzene rings is 18. The highest BCUT2D eigenvalue weighted by Crippen LogP contribution is 2.51. The second kappa shape index (κ2) is 24.6. The summed E-state index contributed by atoms with van der Waals surface area (Å²) in [5.74, 6) is 0.664. The first kappa shape index (κ1) is 58.5. The van der Waals surface area contributed by atoms with Crippen LogP contribution in [0.5, 0.6) is 5.75 Å². The SMILES string of the molecule is Brc1c2ccccc2cc2c1oc1ccccc12.O[B]Oc1c2ccccc2c(-c2cccc(-c3cccc4ccccc34)c2)c2ccccc12.c1cc(-c2cccc3ccccc23)cc(-c2c3ccccc3c(-c3c4ccccc4cc4c3oc3ccccc34)c3ccccc23)c1. The Morgan fingerprint density at radius 3 is 1.05 bits per heavy atom. The van der Waals surface area contributed by atoms with Crippen molar-refractivity contribution in [1.29, 1.82) is 0 Å². The summed E-state index contributed by atoms with van der Waals surface area (Å²) in [4.78, 5) is 0. The van der Waals surface area contributed by atoms with Crippen molar-refractivity contribution in [2.24, 2.45) is 0 Å². The fourth-order valence-electron chi connectivity index (χ4n) is 15.2. The average Bonchev–Trinajstić information content (AvgIpc) is 1.20. The third-order valence-electron chi connectivity index (χ3n) is 19.5. The van der Waals surface area contributed by atoms with E-state index in [0.717, 1.165) is 88.9 Å². The lowest BCUT2D eigenvalue weighted by Crippen LogP contribution is -2.02. The Labute approximate surface area is 573 Å². The average molecular weight is 1320 g/mol. The van der Waals surface area contributed by atoms with Crippen LogP contribution in [0.3, 0.4) is 0 Å². The van der Waals surface area contributed by atoms with Gasteiger partial charge in [-0.15, -0.1) is 0 Å². The van der Waals surface area contributed by atoms with E-state index >= 15 is 0 Å². The fraction of sp³-hybridized carbons (Fsp3) is 0. The maximum absolute atomic E-state index is 9.43. The molecule has 0 amide bonds. The molecular weight excluding hydrogens is 1260 g/mol. The molecule has 2 heterocycles. The van der Waals surface area contributed by atoms with Crippen molar-refractivity contribution in [1.82, 2.24) is 0 Å². The van der Waals surface area contributed by atoms with Crippen molar-refractivity contribution in [3.63, 3.8) is 0 Å². The largest absolute Gasteiger partial charge is 0.569 e. The van der Waals surface area contributed by atoms with Crippen LogP contribution in [-0.4, -0.2) is 12.7 Å². The summed E-state index contributed by atoms with van der Waals surface area (Å²) in [5, 5.41) is 32.9. The van der Waals surface area contributed by atoms with Gasteiger partial charge in [-0.25, -0.2) is 0 Å². The molecule has 20 aromatic rings. The van der Waals surface area contributed by atoms with Gasteiger partial charge in [0.05, 0.1) is 4.47 Å². The van der Waals surface area contributed by atoms with Gasteiger partial charge in [-0.2, -0.15) is 0 Å². The third kappa shape index (κ3) is 9.95. The first-order chi connectivity index (χ1) is 48.5. The zero-order valence-electron chi connectivity index (χ0n) is 53.0. The van der Waals surface area contributed by atoms with Gasteiger partial charge in [0.2, 0.25) is 0 Å². The molecule has 98 heavy (non-hydrogen) atoms. The van der Waals surface area contributed by atoms with Gasteiger partial charge < -0.3 is 18.5 Å². The minimum absolute atomic E-state index is 0.664. The molecule has 0 atom stereocenters. The van der Waals surface area contributed by atoms with Gasteiger partial charge in [-0.05, 0) is 172 Å². The number of rotatable bonds is 7. The molecule has 459 valence electrons. The molecule has 0 aliphatic rings. The van der Waals surface area contributed by atoms with Gasteiger partial charge in [-0.3, -0.25) is 0 Å². The zero-order chi connectivity index (χ0) is 65.2. The van der Waals surface area contributed by atoms with Crippen molar-refractivity contribution in [3.8, 4) is 61.4 Å². The molecule has 20 rings (SSSR count). The number of hydrogen-bond acceptors (Lipinski definition) is 4. The van der Waals surface area contributed by atoms with Gasteiger partial charge in [0.15, 0.2) is 0 Å². The molecule has 0 fully saturated rings. The maximum Gasteiger partial charge on any atom is 0.569 e. The highest BCUT2D eigenvalue weighted by atomic mass is 79.9. The van der Waals surface area contributed by atoms with Gasteiger partial charge in [-0.1, -0.05) is 303 Å². The summed E-state index contributed by atoms with van der Waals surface area (Å²) >= 11 is 3.67. The number of halogens is 1. The highest BCUT2D eigenvalue weighted by Gasteiger charge is 2.24. The van der Waals surface area contributed by atoms with Crippen molar-refractivity contribution in [2.75, 3.05) is 0 Å². The van der Waals surface area contributed by atoms with Crippen LogP contribution in [0, 0.1) is 0 Å². The summed E-state index contributed by atoms with van der Waals surface area (Å²) in [6, 6.07) is 120. The summed E-state index contributed by atoms with van der Waals surface area (Å²) in [7, 11) is 0.759. The molecule has 6 heteroatoms. The van der Waals surface area contributed by atoms with Crippen LogP contribution in [0.25, 0.3) is 186 Å². The first-order valence-corrected chi connectivity index (χ1v) is 33.8. The van der Waals surface area contributed by atoms with Crippen LogP contribution < -0.4 is 4.65 Å². The quantitative estimate of drug-likeness (QED) is 0.128. The molecular formula is C92H57BBrO4. The molecule has 4 nitrogen and oxygen atoms in total. The third-order valence-corrected chi connectivity index (χ3v) is 20.2. The Bertz CT molecular complexity index is 6440. The van der Waals surface area contributed by atoms with E-state index in [9.17, 15) is 5.02 Å². The predicted octanol–water partition coefficient (Wildman–Crippen LogP) is 26.1. The summed E-state index contributed by atoms with van der Waals surface area (Å²) < 4.78 is 19.3. The second-order valence-corrected chi connectivity index (χ2v) is 25.7. The number of para-hydroxylation sites is 2. The Morgan fingerprint density at radius 1 is 0.245 bits per heavy atom. The topological polar surface area (TPSA) is 55.7 Å². The van der Waals surface area contributed by atoms with E-state index in [4.69, 9.17) is 13.5 Å². The van der Waals surface area contributed by atoms with E-state index in [2.05, 4.69) is 295 Å². The number of hydrogen-bond donors (Lipinski definition) is 1. The normalized spacial score (nSPS) is 11.6. The Balaban J connectivity index is 0.000000118. The molecule has 1 radical (unpaired) electrons. The smallest absolute Gasteiger partial charge is 0.537 e. The Kier molecular flexibility index (Phi) is 14.7. The number of furan rings is 2. The molecule has 2 aromatic heterocycles. The highest BCUT2D eigenvalue weighted by molar-refractivity contribution is 9.10. The lowest BCUT2D eigenvalue weighted by molar-refractivity contribution is 0.459. The van der Waals surface area contributed by atoms with Crippen LogP contribution in [-0.2, 0) is 0 Å². The Morgan fingerprint density at radius 2 is 0.571 bits per heavy atom. The summed E-state index contributed by atoms with van der Waals surface area (Å²) in [6.07, 6.45) is 0. The minimum Gasteiger partial charge on any atom is -0.537 e. The van der Waals surface area contributed by atoms with Gasteiger partial charge >= 0.3 is 7.69 Å². The van der Waals surface area contributed by atoms with E-state index in [-0.39, 0.29) is 0 Å². The maximum atomic E-state index is 9.43. The molecule has 0 saturated carbocycles. The predicted molar refractivity (Wildman–Crippen MR) is 417 cm³/mol. The molecule has 0 aliphatic carbocycles. The minimum atomic E-state index is 0.664. The molecule has 1 N–H and O–H groups in total. The second-order valence-electron chi connectivity index (χ2n) is 24.9. The van der Waals surface area contributed by atoms with E-state index in [1.54, 1.807) is 0 Å². The van der Waals surface area contributed by atoms with Crippen molar-refractivity contribution in [3.05, 3.63) is 344 Å². The summed E-state index contributed by atoms with van der Waals surface area (Å²) in [6.45, 7) is 0. The van der Waals surface area contributed by atoms with E-state index in [1.165, 1.54) is 109 Å². The lowest BCUT2D eigenvalue weighted by atomic mass is 9.83. The summed E-state index contributed by atoms with van der Waals surface area (Å²) in [5.41, 5.74) is 15.7. The molecule has 18 aromatic carbocycles.